The highest BCUT2D eigenvalue weighted by Crippen LogP contribution is 2.26. The Balaban J connectivity index is 2.90. The van der Waals surface area contributed by atoms with E-state index in [9.17, 15) is 14.9 Å². The molecule has 1 rings (SSSR count). The molecule has 7 nitrogen and oxygen atoms in total. The van der Waals surface area contributed by atoms with Gasteiger partial charge >= 0.3 is 5.97 Å². The maximum absolute atomic E-state index is 10.7. The molecule has 0 saturated heterocycles. The minimum absolute atomic E-state index is 0.115. The minimum atomic E-state index is -0.931. The summed E-state index contributed by atoms with van der Waals surface area (Å²) in [5.41, 5.74) is -0.205. The van der Waals surface area contributed by atoms with Gasteiger partial charge in [0.25, 0.3) is 5.69 Å². The number of aliphatic carboxylic acids is 1. The highest BCUT2D eigenvalue weighted by atomic mass is 35.5. The van der Waals surface area contributed by atoms with Gasteiger partial charge in [-0.3, -0.25) is 14.9 Å². The van der Waals surface area contributed by atoms with Gasteiger partial charge in [-0.1, -0.05) is 18.5 Å². The maximum Gasteiger partial charge on any atom is 0.308 e. The monoisotopic (exact) mass is 273 g/mol. The van der Waals surface area contributed by atoms with Crippen molar-refractivity contribution in [1.82, 2.24) is 4.98 Å². The number of nitrogens with zero attached hydrogens (tertiary/aromatic N) is 3. The first-order valence-corrected chi connectivity index (χ1v) is 5.44. The number of carboxylic acids is 1. The zero-order valence-electron chi connectivity index (χ0n) is 9.83. The second-order valence-corrected chi connectivity index (χ2v) is 4.28. The van der Waals surface area contributed by atoms with Crippen molar-refractivity contribution in [3.05, 3.63) is 27.4 Å². The van der Waals surface area contributed by atoms with Crippen molar-refractivity contribution in [2.24, 2.45) is 5.92 Å². The number of anilines is 1. The lowest BCUT2D eigenvalue weighted by Gasteiger charge is -2.21. The predicted octanol–water partition coefficient (Wildman–Crippen LogP) is 1.80. The largest absolute Gasteiger partial charge is 0.481 e. The number of nitro groups is 1. The van der Waals surface area contributed by atoms with Gasteiger partial charge in [0.05, 0.1) is 15.9 Å². The lowest BCUT2D eigenvalue weighted by molar-refractivity contribution is -0.385. The summed E-state index contributed by atoms with van der Waals surface area (Å²) in [6.45, 7) is 1.76. The first-order valence-electron chi connectivity index (χ1n) is 5.06. The van der Waals surface area contributed by atoms with Crippen LogP contribution in [-0.2, 0) is 4.79 Å². The van der Waals surface area contributed by atoms with Crippen LogP contribution in [-0.4, -0.2) is 34.6 Å². The van der Waals surface area contributed by atoms with Crippen molar-refractivity contribution < 1.29 is 14.8 Å². The third-order valence-corrected chi connectivity index (χ3v) is 2.63. The molecule has 0 aliphatic heterocycles. The van der Waals surface area contributed by atoms with Gasteiger partial charge < -0.3 is 10.0 Å². The van der Waals surface area contributed by atoms with E-state index >= 15 is 0 Å². The number of hydrogen-bond donors (Lipinski definition) is 1. The Morgan fingerprint density at radius 2 is 2.33 bits per heavy atom. The summed E-state index contributed by atoms with van der Waals surface area (Å²) in [6, 6.07) is 1.19. The zero-order chi connectivity index (χ0) is 13.9. The third-order valence-electron chi connectivity index (χ3n) is 2.35. The summed E-state index contributed by atoms with van der Waals surface area (Å²) in [7, 11) is 1.62. The molecule has 1 N–H and O–H groups in total. The molecule has 98 valence electrons. The fourth-order valence-electron chi connectivity index (χ4n) is 1.38. The Kier molecular flexibility index (Phi) is 4.43. The van der Waals surface area contributed by atoms with E-state index in [1.807, 2.05) is 0 Å². The number of halogens is 1. The van der Waals surface area contributed by atoms with E-state index in [-0.39, 0.29) is 17.3 Å². The Morgan fingerprint density at radius 3 is 2.78 bits per heavy atom. The molecule has 0 saturated carbocycles. The average molecular weight is 274 g/mol. The average Bonchev–Trinajstić information content (AvgIpc) is 2.28. The summed E-state index contributed by atoms with van der Waals surface area (Å²) in [5.74, 6) is -1.21. The summed E-state index contributed by atoms with van der Waals surface area (Å²) >= 11 is 5.88. The maximum atomic E-state index is 10.7. The van der Waals surface area contributed by atoms with Crippen LogP contribution in [0.25, 0.3) is 0 Å². The Bertz CT molecular complexity index is 480. The van der Waals surface area contributed by atoms with Crippen molar-refractivity contribution in [2.75, 3.05) is 18.5 Å². The SMILES string of the molecule is CC(CN(C)c1ncc([N+](=O)[O-])cc1Cl)C(=O)O. The molecule has 18 heavy (non-hydrogen) atoms. The molecule has 1 aromatic rings. The second kappa shape index (κ2) is 5.63. The third kappa shape index (κ3) is 3.30. The van der Waals surface area contributed by atoms with Gasteiger partial charge in [-0.05, 0) is 0 Å². The normalized spacial score (nSPS) is 11.9. The standard InChI is InChI=1S/C10H12ClN3O4/c1-6(10(15)16)5-13(2)9-8(11)3-7(4-12-9)14(17)18/h3-4,6H,5H2,1-2H3,(H,15,16). The molecule has 0 fully saturated rings. The molecule has 0 amide bonds. The van der Waals surface area contributed by atoms with E-state index in [1.54, 1.807) is 18.9 Å². The van der Waals surface area contributed by atoms with E-state index in [0.717, 1.165) is 6.20 Å². The van der Waals surface area contributed by atoms with Crippen LogP contribution >= 0.6 is 11.6 Å². The molecule has 1 atom stereocenters. The molecular weight excluding hydrogens is 262 g/mol. The molecule has 1 unspecified atom stereocenters. The van der Waals surface area contributed by atoms with E-state index < -0.39 is 16.8 Å². The van der Waals surface area contributed by atoms with Crippen molar-refractivity contribution in [1.29, 1.82) is 0 Å². The van der Waals surface area contributed by atoms with Gasteiger partial charge in [0.1, 0.15) is 12.0 Å². The molecular formula is C10H12ClN3O4. The fraction of sp³-hybridized carbons (Fsp3) is 0.400. The lowest BCUT2D eigenvalue weighted by Crippen LogP contribution is -2.29. The summed E-state index contributed by atoms with van der Waals surface area (Å²) < 4.78 is 0. The number of hydrogen-bond acceptors (Lipinski definition) is 5. The van der Waals surface area contributed by atoms with E-state index in [1.165, 1.54) is 6.07 Å². The van der Waals surface area contributed by atoms with Crippen molar-refractivity contribution in [3.63, 3.8) is 0 Å². The van der Waals surface area contributed by atoms with Gasteiger partial charge in [0.2, 0.25) is 0 Å². The van der Waals surface area contributed by atoms with Crippen molar-refractivity contribution >= 4 is 29.1 Å². The van der Waals surface area contributed by atoms with Gasteiger partial charge in [-0.25, -0.2) is 4.98 Å². The fourth-order valence-corrected chi connectivity index (χ4v) is 1.68. The summed E-state index contributed by atoms with van der Waals surface area (Å²) in [4.78, 5) is 26.1. The quantitative estimate of drug-likeness (QED) is 0.649. The molecule has 8 heteroatoms. The predicted molar refractivity (Wildman–Crippen MR) is 66.0 cm³/mol. The molecule has 0 spiro atoms. The van der Waals surface area contributed by atoms with Crippen molar-refractivity contribution in [3.8, 4) is 0 Å². The molecule has 1 heterocycles. The van der Waals surface area contributed by atoms with E-state index in [2.05, 4.69) is 4.98 Å². The number of carbonyl (C=O) groups is 1. The van der Waals surface area contributed by atoms with Crippen LogP contribution in [0, 0.1) is 16.0 Å². The Morgan fingerprint density at radius 1 is 1.72 bits per heavy atom. The number of pyridine rings is 1. The number of aromatic nitrogens is 1. The summed E-state index contributed by atoms with van der Waals surface area (Å²) in [6.07, 6.45) is 1.09. The number of rotatable bonds is 5. The highest BCUT2D eigenvalue weighted by Gasteiger charge is 2.18. The zero-order valence-corrected chi connectivity index (χ0v) is 10.6. The molecule has 1 aromatic heterocycles. The van der Waals surface area contributed by atoms with Crippen LogP contribution in [0.15, 0.2) is 12.3 Å². The smallest absolute Gasteiger partial charge is 0.308 e. The lowest BCUT2D eigenvalue weighted by atomic mass is 10.2. The Hall–Kier alpha value is -1.89. The van der Waals surface area contributed by atoms with Gasteiger partial charge in [-0.2, -0.15) is 0 Å². The first kappa shape index (κ1) is 14.2. The van der Waals surface area contributed by atoms with E-state index in [4.69, 9.17) is 16.7 Å². The molecule has 0 aliphatic carbocycles. The highest BCUT2D eigenvalue weighted by molar-refractivity contribution is 6.33. The molecule has 0 aromatic carbocycles. The van der Waals surface area contributed by atoms with Gasteiger partial charge in [0, 0.05) is 19.7 Å². The van der Waals surface area contributed by atoms with Crippen LogP contribution in [0.2, 0.25) is 5.02 Å². The van der Waals surface area contributed by atoms with Crippen LogP contribution in [0.4, 0.5) is 11.5 Å². The van der Waals surface area contributed by atoms with Crippen molar-refractivity contribution in [2.45, 2.75) is 6.92 Å². The van der Waals surface area contributed by atoms with Crippen LogP contribution in [0.3, 0.4) is 0 Å². The number of carboxylic acid groups (broad SMARTS) is 1. The Labute approximate surface area is 108 Å². The van der Waals surface area contributed by atoms with Crippen LogP contribution in [0.5, 0.6) is 0 Å². The van der Waals surface area contributed by atoms with Crippen LogP contribution < -0.4 is 4.90 Å². The first-order chi connectivity index (χ1) is 8.32. The van der Waals surface area contributed by atoms with Gasteiger partial charge in [0.15, 0.2) is 0 Å². The molecule has 0 bridgehead atoms. The van der Waals surface area contributed by atoms with Gasteiger partial charge in [-0.15, -0.1) is 0 Å². The summed E-state index contributed by atoms with van der Waals surface area (Å²) in [5, 5.41) is 19.4. The molecule has 0 radical (unpaired) electrons. The minimum Gasteiger partial charge on any atom is -0.481 e. The second-order valence-electron chi connectivity index (χ2n) is 3.88. The molecule has 0 aliphatic rings. The van der Waals surface area contributed by atoms with Crippen LogP contribution in [0.1, 0.15) is 6.92 Å². The topological polar surface area (TPSA) is 96.6 Å². The van der Waals surface area contributed by atoms with E-state index in [0.29, 0.717) is 5.82 Å².